The second kappa shape index (κ2) is 6.91. The van der Waals surface area contributed by atoms with Gasteiger partial charge in [-0.1, -0.05) is 13.8 Å². The molecule has 0 aliphatic carbocycles. The molecule has 1 N–H and O–H groups in total. The van der Waals surface area contributed by atoms with Gasteiger partial charge in [-0.3, -0.25) is 0 Å². The SMILES string of the molecule is CCC(C)N(CC)S(=O)(=O)c1ccc(O)c(C(=O)OC)c1. The minimum absolute atomic E-state index is 0.0390. The highest BCUT2D eigenvalue weighted by Gasteiger charge is 2.28. The van der Waals surface area contributed by atoms with Crippen LogP contribution in [0.4, 0.5) is 0 Å². The fourth-order valence-corrected chi connectivity index (χ4v) is 3.75. The second-order valence-electron chi connectivity index (χ2n) is 4.64. The maximum absolute atomic E-state index is 12.6. The van der Waals surface area contributed by atoms with E-state index in [-0.39, 0.29) is 22.3 Å². The summed E-state index contributed by atoms with van der Waals surface area (Å²) in [5.74, 6) is -1.09. The predicted octanol–water partition coefficient (Wildman–Crippen LogP) is 1.99. The Hall–Kier alpha value is -1.60. The Kier molecular flexibility index (Phi) is 5.74. The van der Waals surface area contributed by atoms with E-state index >= 15 is 0 Å². The van der Waals surface area contributed by atoms with Crippen LogP contribution in [0.2, 0.25) is 0 Å². The molecule has 0 spiro atoms. The van der Waals surface area contributed by atoms with E-state index in [4.69, 9.17) is 0 Å². The first-order valence-corrected chi connectivity index (χ1v) is 8.16. The molecule has 1 unspecified atom stereocenters. The summed E-state index contributed by atoms with van der Waals surface area (Å²) < 4.78 is 31.2. The molecule has 6 nitrogen and oxygen atoms in total. The van der Waals surface area contributed by atoms with Crippen LogP contribution < -0.4 is 0 Å². The van der Waals surface area contributed by atoms with Crippen LogP contribution in [0.15, 0.2) is 23.1 Å². The van der Waals surface area contributed by atoms with Crippen molar-refractivity contribution < 1.29 is 23.1 Å². The zero-order chi connectivity index (χ0) is 16.2. The van der Waals surface area contributed by atoms with Crippen molar-refractivity contribution >= 4 is 16.0 Å². The second-order valence-corrected chi connectivity index (χ2v) is 6.53. The normalized spacial score (nSPS) is 13.2. The lowest BCUT2D eigenvalue weighted by Gasteiger charge is -2.26. The van der Waals surface area contributed by atoms with Crippen LogP contribution >= 0.6 is 0 Å². The molecule has 0 aromatic heterocycles. The van der Waals surface area contributed by atoms with Crippen LogP contribution in [-0.4, -0.2) is 43.5 Å². The third kappa shape index (κ3) is 3.54. The highest BCUT2D eigenvalue weighted by Crippen LogP contribution is 2.25. The summed E-state index contributed by atoms with van der Waals surface area (Å²) in [6.45, 7) is 5.80. The smallest absolute Gasteiger partial charge is 0.341 e. The zero-order valence-corrected chi connectivity index (χ0v) is 13.5. The van der Waals surface area contributed by atoms with E-state index in [0.29, 0.717) is 13.0 Å². The maximum atomic E-state index is 12.6. The van der Waals surface area contributed by atoms with Crippen LogP contribution in [0.3, 0.4) is 0 Å². The molecule has 0 aliphatic heterocycles. The summed E-state index contributed by atoms with van der Waals surface area (Å²) in [5.41, 5.74) is -0.168. The van der Waals surface area contributed by atoms with Gasteiger partial charge in [0.25, 0.3) is 0 Å². The third-order valence-corrected chi connectivity index (χ3v) is 5.46. The monoisotopic (exact) mass is 315 g/mol. The fourth-order valence-electron chi connectivity index (χ4n) is 2.01. The van der Waals surface area contributed by atoms with Crippen LogP contribution in [-0.2, 0) is 14.8 Å². The molecule has 0 bridgehead atoms. The van der Waals surface area contributed by atoms with Crippen LogP contribution in [0.1, 0.15) is 37.6 Å². The van der Waals surface area contributed by atoms with Crippen molar-refractivity contribution in [2.75, 3.05) is 13.7 Å². The first-order chi connectivity index (χ1) is 9.79. The lowest BCUT2D eigenvalue weighted by molar-refractivity contribution is 0.0597. The lowest BCUT2D eigenvalue weighted by atomic mass is 10.2. The van der Waals surface area contributed by atoms with Gasteiger partial charge in [0.05, 0.1) is 12.0 Å². The first kappa shape index (κ1) is 17.5. The number of aromatic hydroxyl groups is 1. The highest BCUT2D eigenvalue weighted by molar-refractivity contribution is 7.89. The fraction of sp³-hybridized carbons (Fsp3) is 0.500. The molecule has 0 radical (unpaired) electrons. The number of hydrogen-bond acceptors (Lipinski definition) is 5. The van der Waals surface area contributed by atoms with E-state index in [1.54, 1.807) is 6.92 Å². The number of carbonyl (C=O) groups is 1. The van der Waals surface area contributed by atoms with E-state index in [1.165, 1.54) is 23.5 Å². The van der Waals surface area contributed by atoms with E-state index in [0.717, 1.165) is 6.07 Å². The number of rotatable bonds is 6. The van der Waals surface area contributed by atoms with Gasteiger partial charge in [-0.25, -0.2) is 13.2 Å². The van der Waals surface area contributed by atoms with Gasteiger partial charge in [0.2, 0.25) is 10.0 Å². The average Bonchev–Trinajstić information content (AvgIpc) is 2.46. The maximum Gasteiger partial charge on any atom is 0.341 e. The molecular weight excluding hydrogens is 294 g/mol. The quantitative estimate of drug-likeness (QED) is 0.812. The molecule has 0 amide bonds. The van der Waals surface area contributed by atoms with Crippen LogP contribution in [0.5, 0.6) is 5.75 Å². The number of ether oxygens (including phenoxy) is 1. The standard InChI is InChI=1S/C14H21NO5S/c1-5-10(3)15(6-2)21(18,19)11-7-8-13(16)12(9-11)14(17)20-4/h7-10,16H,5-6H2,1-4H3. The third-order valence-electron chi connectivity index (χ3n) is 3.37. The average molecular weight is 315 g/mol. The Bertz CT molecular complexity index is 612. The Morgan fingerprint density at radius 3 is 2.48 bits per heavy atom. The van der Waals surface area contributed by atoms with E-state index in [9.17, 15) is 18.3 Å². The molecule has 0 fully saturated rings. The van der Waals surface area contributed by atoms with Crippen LogP contribution in [0, 0.1) is 0 Å². The molecular formula is C14H21NO5S. The molecule has 7 heteroatoms. The minimum Gasteiger partial charge on any atom is -0.507 e. The van der Waals surface area contributed by atoms with E-state index in [1.807, 2.05) is 13.8 Å². The molecule has 0 heterocycles. The molecule has 0 aliphatic rings. The largest absolute Gasteiger partial charge is 0.507 e. The number of hydrogen-bond donors (Lipinski definition) is 1. The van der Waals surface area contributed by atoms with Gasteiger partial charge in [0.1, 0.15) is 11.3 Å². The van der Waals surface area contributed by atoms with Gasteiger partial charge < -0.3 is 9.84 Å². The zero-order valence-electron chi connectivity index (χ0n) is 12.7. The molecule has 1 aromatic carbocycles. The number of esters is 1. The Morgan fingerprint density at radius 2 is 2.00 bits per heavy atom. The molecule has 118 valence electrons. The first-order valence-electron chi connectivity index (χ1n) is 6.72. The highest BCUT2D eigenvalue weighted by atomic mass is 32.2. The topological polar surface area (TPSA) is 83.9 Å². The Morgan fingerprint density at radius 1 is 1.38 bits per heavy atom. The van der Waals surface area contributed by atoms with Gasteiger partial charge >= 0.3 is 5.97 Å². The van der Waals surface area contributed by atoms with Crippen molar-refractivity contribution in [1.82, 2.24) is 4.31 Å². The lowest BCUT2D eigenvalue weighted by Crippen LogP contribution is -2.38. The number of nitrogens with zero attached hydrogens (tertiary/aromatic N) is 1. The summed E-state index contributed by atoms with van der Waals surface area (Å²) >= 11 is 0. The van der Waals surface area contributed by atoms with Crippen LogP contribution in [0.25, 0.3) is 0 Å². The van der Waals surface area contributed by atoms with Crippen molar-refractivity contribution in [3.05, 3.63) is 23.8 Å². The summed E-state index contributed by atoms with van der Waals surface area (Å²) in [6, 6.07) is 3.45. The molecule has 0 saturated heterocycles. The van der Waals surface area contributed by atoms with Gasteiger partial charge in [0.15, 0.2) is 0 Å². The Labute approximate surface area is 125 Å². The number of benzene rings is 1. The number of sulfonamides is 1. The van der Waals surface area contributed by atoms with Crippen molar-refractivity contribution in [3.63, 3.8) is 0 Å². The summed E-state index contributed by atoms with van der Waals surface area (Å²) in [7, 11) is -2.56. The summed E-state index contributed by atoms with van der Waals surface area (Å²) in [5, 5.41) is 9.64. The summed E-state index contributed by atoms with van der Waals surface area (Å²) in [4.78, 5) is 11.5. The van der Waals surface area contributed by atoms with Crippen molar-refractivity contribution in [2.45, 2.75) is 38.1 Å². The minimum atomic E-state index is -3.73. The van der Waals surface area contributed by atoms with E-state index < -0.39 is 16.0 Å². The number of phenolic OH excluding ortho intramolecular Hbond substituents is 1. The van der Waals surface area contributed by atoms with E-state index in [2.05, 4.69) is 4.74 Å². The van der Waals surface area contributed by atoms with Crippen molar-refractivity contribution in [1.29, 1.82) is 0 Å². The van der Waals surface area contributed by atoms with Gasteiger partial charge in [-0.15, -0.1) is 0 Å². The van der Waals surface area contributed by atoms with Crippen molar-refractivity contribution in [3.8, 4) is 5.75 Å². The van der Waals surface area contributed by atoms with Gasteiger partial charge in [0, 0.05) is 12.6 Å². The predicted molar refractivity (Wildman–Crippen MR) is 78.8 cm³/mol. The van der Waals surface area contributed by atoms with Crippen molar-refractivity contribution in [2.24, 2.45) is 0 Å². The summed E-state index contributed by atoms with van der Waals surface area (Å²) in [6.07, 6.45) is 0.676. The molecule has 21 heavy (non-hydrogen) atoms. The molecule has 1 aromatic rings. The Balaban J connectivity index is 3.35. The molecule has 0 saturated carbocycles. The number of methoxy groups -OCH3 is 1. The number of phenols is 1. The van der Waals surface area contributed by atoms with Gasteiger partial charge in [-0.05, 0) is 31.5 Å². The number of carbonyl (C=O) groups excluding carboxylic acids is 1. The van der Waals surface area contributed by atoms with Gasteiger partial charge in [-0.2, -0.15) is 4.31 Å². The molecule has 1 atom stereocenters. The molecule has 1 rings (SSSR count).